The predicted octanol–water partition coefficient (Wildman–Crippen LogP) is 3.40. The lowest BCUT2D eigenvalue weighted by Gasteiger charge is -2.18. The van der Waals surface area contributed by atoms with Gasteiger partial charge in [-0.2, -0.15) is 0 Å². The van der Waals surface area contributed by atoms with Crippen molar-refractivity contribution in [1.29, 1.82) is 0 Å². The molecule has 1 amide bonds. The first-order chi connectivity index (χ1) is 10.7. The molecule has 1 heterocycles. The number of nitrogens with zero attached hydrogens (tertiary/aromatic N) is 1. The summed E-state index contributed by atoms with van der Waals surface area (Å²) in [7, 11) is 0. The molecular weight excluding hydrogens is 276 g/mol. The number of benzene rings is 2. The molecule has 1 aliphatic heterocycles. The number of Topliss-reactive ketones (excluding diaryl/α,β-unsaturated/α-hetero) is 1. The number of rotatable bonds is 3. The third-order valence-electron chi connectivity index (χ3n) is 3.75. The maximum absolute atomic E-state index is 12.5. The van der Waals surface area contributed by atoms with Crippen molar-refractivity contribution in [1.82, 2.24) is 0 Å². The van der Waals surface area contributed by atoms with Crippen LogP contribution in [0.2, 0.25) is 0 Å². The van der Waals surface area contributed by atoms with Gasteiger partial charge >= 0.3 is 0 Å². The highest BCUT2D eigenvalue weighted by molar-refractivity contribution is 6.25. The molecule has 4 nitrogen and oxygen atoms in total. The lowest BCUT2D eigenvalue weighted by molar-refractivity contribution is -0.116. The van der Waals surface area contributed by atoms with Crippen LogP contribution in [0.25, 0.3) is 0 Å². The quantitative estimate of drug-likeness (QED) is 0.881. The van der Waals surface area contributed by atoms with Crippen LogP contribution in [0.15, 0.2) is 53.5 Å². The standard InChI is InChI=1S/C18H16N2O2/c1-2-12-7-3-5-9-15(12)20-18(22)14-11-19-16-10-6-4-8-13(16)17(14)21/h3-11,14H,2H2,1H3,(H,20,22). The van der Waals surface area contributed by atoms with Gasteiger partial charge in [0.25, 0.3) is 0 Å². The highest BCUT2D eigenvalue weighted by Crippen LogP contribution is 2.26. The molecule has 1 N–H and O–H groups in total. The van der Waals surface area contributed by atoms with Crippen LogP contribution >= 0.6 is 0 Å². The summed E-state index contributed by atoms with van der Waals surface area (Å²) >= 11 is 0. The van der Waals surface area contributed by atoms with Crippen molar-refractivity contribution in [2.24, 2.45) is 10.9 Å². The van der Waals surface area contributed by atoms with Crippen molar-refractivity contribution in [2.75, 3.05) is 5.32 Å². The normalized spacial score (nSPS) is 16.2. The molecule has 0 aromatic heterocycles. The van der Waals surface area contributed by atoms with Gasteiger partial charge < -0.3 is 5.32 Å². The lowest BCUT2D eigenvalue weighted by atomic mass is 9.94. The van der Waals surface area contributed by atoms with Crippen LogP contribution in [0, 0.1) is 5.92 Å². The van der Waals surface area contributed by atoms with Gasteiger partial charge in [0.05, 0.1) is 5.69 Å². The van der Waals surface area contributed by atoms with Crippen LogP contribution in [-0.4, -0.2) is 17.9 Å². The van der Waals surface area contributed by atoms with E-state index in [0.29, 0.717) is 11.3 Å². The minimum atomic E-state index is -0.875. The Balaban J connectivity index is 1.84. The largest absolute Gasteiger partial charge is 0.325 e. The van der Waals surface area contributed by atoms with E-state index in [0.717, 1.165) is 17.7 Å². The summed E-state index contributed by atoms with van der Waals surface area (Å²) in [6.07, 6.45) is 2.24. The molecule has 22 heavy (non-hydrogen) atoms. The molecule has 0 bridgehead atoms. The van der Waals surface area contributed by atoms with Crippen LogP contribution < -0.4 is 5.32 Å². The van der Waals surface area contributed by atoms with Crippen LogP contribution in [0.5, 0.6) is 0 Å². The highest BCUT2D eigenvalue weighted by Gasteiger charge is 2.30. The van der Waals surface area contributed by atoms with Gasteiger partial charge in [-0.15, -0.1) is 0 Å². The lowest BCUT2D eigenvalue weighted by Crippen LogP contribution is -2.32. The van der Waals surface area contributed by atoms with E-state index in [9.17, 15) is 9.59 Å². The van der Waals surface area contributed by atoms with Crippen LogP contribution in [0.3, 0.4) is 0 Å². The number of para-hydroxylation sites is 2. The topological polar surface area (TPSA) is 58.5 Å². The Morgan fingerprint density at radius 2 is 1.86 bits per heavy atom. The maximum Gasteiger partial charge on any atom is 0.240 e. The minimum absolute atomic E-state index is 0.211. The van der Waals surface area contributed by atoms with Crippen LogP contribution in [0.1, 0.15) is 22.8 Å². The molecule has 0 fully saturated rings. The van der Waals surface area contributed by atoms with Crippen LogP contribution in [0.4, 0.5) is 11.4 Å². The molecule has 1 unspecified atom stereocenters. The molecule has 0 saturated heterocycles. The molecule has 1 atom stereocenters. The minimum Gasteiger partial charge on any atom is -0.325 e. The van der Waals surface area contributed by atoms with E-state index < -0.39 is 5.92 Å². The zero-order chi connectivity index (χ0) is 15.5. The second-order valence-corrected chi connectivity index (χ2v) is 5.14. The summed E-state index contributed by atoms with van der Waals surface area (Å²) in [6, 6.07) is 14.7. The smallest absolute Gasteiger partial charge is 0.240 e. The van der Waals surface area contributed by atoms with E-state index in [4.69, 9.17) is 0 Å². The zero-order valence-electron chi connectivity index (χ0n) is 12.2. The van der Waals surface area contributed by atoms with Gasteiger partial charge in [0.2, 0.25) is 5.91 Å². The number of carbonyl (C=O) groups excluding carboxylic acids is 2. The van der Waals surface area contributed by atoms with Gasteiger partial charge in [-0.05, 0) is 30.2 Å². The summed E-state index contributed by atoms with van der Waals surface area (Å²) in [5.74, 6) is -1.43. The number of hydrogen-bond donors (Lipinski definition) is 1. The van der Waals surface area contributed by atoms with Crippen molar-refractivity contribution in [3.8, 4) is 0 Å². The predicted molar refractivity (Wildman–Crippen MR) is 86.9 cm³/mol. The Hall–Kier alpha value is -2.75. The summed E-state index contributed by atoms with van der Waals surface area (Å²) in [5.41, 5.74) is 2.89. The number of nitrogens with one attached hydrogen (secondary N) is 1. The molecular formula is C18H16N2O2. The fourth-order valence-electron chi connectivity index (χ4n) is 2.53. The molecule has 0 aliphatic carbocycles. The molecule has 0 saturated carbocycles. The van der Waals surface area contributed by atoms with Gasteiger partial charge in [-0.25, -0.2) is 0 Å². The molecule has 2 aromatic rings. The van der Waals surface area contributed by atoms with Crippen molar-refractivity contribution >= 4 is 29.3 Å². The van der Waals surface area contributed by atoms with Gasteiger partial charge in [0, 0.05) is 17.5 Å². The first-order valence-electron chi connectivity index (χ1n) is 7.27. The fourth-order valence-corrected chi connectivity index (χ4v) is 2.53. The number of hydrogen-bond acceptors (Lipinski definition) is 3. The second kappa shape index (κ2) is 5.93. The van der Waals surface area contributed by atoms with Gasteiger partial charge in [0.1, 0.15) is 5.92 Å². The van der Waals surface area contributed by atoms with Gasteiger partial charge in [-0.3, -0.25) is 14.6 Å². The fraction of sp³-hybridized carbons (Fsp3) is 0.167. The maximum atomic E-state index is 12.5. The van der Waals surface area contributed by atoms with Crippen molar-refractivity contribution in [2.45, 2.75) is 13.3 Å². The first kappa shape index (κ1) is 14.2. The number of aliphatic imine (C=N–C) groups is 1. The third-order valence-corrected chi connectivity index (χ3v) is 3.75. The number of carbonyl (C=O) groups is 2. The monoisotopic (exact) mass is 292 g/mol. The van der Waals surface area contributed by atoms with E-state index in [1.165, 1.54) is 6.21 Å². The number of fused-ring (bicyclic) bond motifs is 1. The molecule has 110 valence electrons. The number of amides is 1. The summed E-state index contributed by atoms with van der Waals surface area (Å²) in [4.78, 5) is 29.1. The number of ketones is 1. The second-order valence-electron chi connectivity index (χ2n) is 5.14. The molecule has 0 spiro atoms. The van der Waals surface area contributed by atoms with E-state index >= 15 is 0 Å². The average Bonchev–Trinajstić information content (AvgIpc) is 2.56. The Morgan fingerprint density at radius 1 is 1.14 bits per heavy atom. The van der Waals surface area contributed by atoms with Crippen molar-refractivity contribution < 1.29 is 9.59 Å². The first-order valence-corrected chi connectivity index (χ1v) is 7.27. The Labute approximate surface area is 128 Å². The number of aryl methyl sites for hydroxylation is 1. The highest BCUT2D eigenvalue weighted by atomic mass is 16.2. The van der Waals surface area contributed by atoms with E-state index in [2.05, 4.69) is 10.3 Å². The molecule has 4 heteroatoms. The molecule has 2 aromatic carbocycles. The van der Waals surface area contributed by atoms with Crippen molar-refractivity contribution in [3.05, 3.63) is 59.7 Å². The Morgan fingerprint density at radius 3 is 2.68 bits per heavy atom. The average molecular weight is 292 g/mol. The van der Waals surface area contributed by atoms with Crippen molar-refractivity contribution in [3.63, 3.8) is 0 Å². The molecule has 1 aliphatic rings. The third kappa shape index (κ3) is 2.55. The van der Waals surface area contributed by atoms with Crippen LogP contribution in [-0.2, 0) is 11.2 Å². The SMILES string of the molecule is CCc1ccccc1NC(=O)C1C=Nc2ccccc2C1=O. The summed E-state index contributed by atoms with van der Waals surface area (Å²) < 4.78 is 0. The summed E-state index contributed by atoms with van der Waals surface area (Å²) in [6.45, 7) is 2.02. The number of anilines is 1. The Bertz CT molecular complexity index is 765. The Kier molecular flexibility index (Phi) is 3.83. The zero-order valence-corrected chi connectivity index (χ0v) is 12.2. The summed E-state index contributed by atoms with van der Waals surface area (Å²) in [5, 5.41) is 2.84. The molecule has 3 rings (SSSR count). The van der Waals surface area contributed by atoms with Gasteiger partial charge in [0.15, 0.2) is 5.78 Å². The molecule has 0 radical (unpaired) electrons. The van der Waals surface area contributed by atoms with Gasteiger partial charge in [-0.1, -0.05) is 37.3 Å². The van der Waals surface area contributed by atoms with E-state index in [1.54, 1.807) is 18.2 Å². The van der Waals surface area contributed by atoms with E-state index in [1.807, 2.05) is 37.3 Å². The van der Waals surface area contributed by atoms with E-state index in [-0.39, 0.29) is 11.7 Å².